The van der Waals surface area contributed by atoms with Crippen LogP contribution >= 0.6 is 11.6 Å². The van der Waals surface area contributed by atoms with E-state index in [0.29, 0.717) is 23.0 Å². The monoisotopic (exact) mass is 297 g/mol. The third-order valence-corrected chi connectivity index (χ3v) is 3.27. The van der Waals surface area contributed by atoms with Gasteiger partial charge in [0.2, 0.25) is 5.82 Å². The lowest BCUT2D eigenvalue weighted by Gasteiger charge is -2.09. The average molecular weight is 298 g/mol. The quantitative estimate of drug-likeness (QED) is 0.735. The molecule has 0 amide bonds. The Bertz CT molecular complexity index is 749. The Kier molecular flexibility index (Phi) is 3.50. The van der Waals surface area contributed by atoms with E-state index < -0.39 is 0 Å². The largest absolute Gasteiger partial charge is 0.383 e. The van der Waals surface area contributed by atoms with Crippen molar-refractivity contribution in [2.75, 3.05) is 5.73 Å². The van der Waals surface area contributed by atoms with Crippen molar-refractivity contribution in [2.24, 2.45) is 0 Å². The second kappa shape index (κ2) is 5.46. The molecule has 0 radical (unpaired) electrons. The second-order valence-electron chi connectivity index (χ2n) is 4.54. The molecule has 5 nitrogen and oxygen atoms in total. The standard InChI is InChI=1S/C15H12ClN5/c1-9-3-5-10(6-4-9)11-12(16)20-15(21-13(11)17)14-18-7-2-8-19-14/h2-8H,1H3,(H2,17,20,21). The maximum absolute atomic E-state index is 6.27. The highest BCUT2D eigenvalue weighted by molar-refractivity contribution is 6.32. The van der Waals surface area contributed by atoms with Gasteiger partial charge < -0.3 is 5.73 Å². The number of hydrogen-bond acceptors (Lipinski definition) is 5. The van der Waals surface area contributed by atoms with Crippen molar-refractivity contribution in [3.8, 4) is 22.8 Å². The first kappa shape index (κ1) is 13.5. The second-order valence-corrected chi connectivity index (χ2v) is 4.89. The Labute approximate surface area is 126 Å². The molecule has 3 rings (SSSR count). The molecule has 6 heteroatoms. The van der Waals surface area contributed by atoms with Crippen molar-refractivity contribution >= 4 is 17.4 Å². The van der Waals surface area contributed by atoms with Crippen molar-refractivity contribution in [3.63, 3.8) is 0 Å². The first-order valence-corrected chi connectivity index (χ1v) is 6.70. The molecule has 0 aliphatic heterocycles. The van der Waals surface area contributed by atoms with Gasteiger partial charge in [-0.1, -0.05) is 41.4 Å². The van der Waals surface area contributed by atoms with E-state index in [0.717, 1.165) is 11.1 Å². The van der Waals surface area contributed by atoms with Gasteiger partial charge in [-0.25, -0.2) is 19.9 Å². The van der Waals surface area contributed by atoms with E-state index in [1.54, 1.807) is 18.5 Å². The third kappa shape index (κ3) is 2.68. The summed E-state index contributed by atoms with van der Waals surface area (Å²) in [4.78, 5) is 16.7. The van der Waals surface area contributed by atoms with Gasteiger partial charge in [-0.2, -0.15) is 0 Å². The van der Waals surface area contributed by atoms with Gasteiger partial charge >= 0.3 is 0 Å². The molecule has 2 N–H and O–H groups in total. The number of nitrogens with two attached hydrogens (primary N) is 1. The normalized spacial score (nSPS) is 10.6. The highest BCUT2D eigenvalue weighted by atomic mass is 35.5. The van der Waals surface area contributed by atoms with E-state index in [1.807, 2.05) is 31.2 Å². The van der Waals surface area contributed by atoms with Crippen LogP contribution in [-0.4, -0.2) is 19.9 Å². The lowest BCUT2D eigenvalue weighted by molar-refractivity contribution is 1.08. The summed E-state index contributed by atoms with van der Waals surface area (Å²) >= 11 is 6.27. The van der Waals surface area contributed by atoms with E-state index >= 15 is 0 Å². The minimum atomic E-state index is 0.286. The minimum absolute atomic E-state index is 0.286. The summed E-state index contributed by atoms with van der Waals surface area (Å²) in [7, 11) is 0. The molecule has 1 aromatic carbocycles. The number of rotatable bonds is 2. The lowest BCUT2D eigenvalue weighted by atomic mass is 10.1. The average Bonchev–Trinajstić information content (AvgIpc) is 2.49. The molecule has 21 heavy (non-hydrogen) atoms. The van der Waals surface area contributed by atoms with Crippen LogP contribution in [0.15, 0.2) is 42.7 Å². The number of aryl methyl sites for hydroxylation is 1. The predicted molar refractivity (Wildman–Crippen MR) is 82.7 cm³/mol. The number of nitrogens with zero attached hydrogens (tertiary/aromatic N) is 4. The van der Waals surface area contributed by atoms with Gasteiger partial charge in [0, 0.05) is 12.4 Å². The molecule has 0 fully saturated rings. The number of hydrogen-bond donors (Lipinski definition) is 1. The molecule has 0 aliphatic rings. The fourth-order valence-electron chi connectivity index (χ4n) is 1.95. The van der Waals surface area contributed by atoms with Crippen molar-refractivity contribution in [1.29, 1.82) is 0 Å². The zero-order chi connectivity index (χ0) is 14.8. The molecule has 0 bridgehead atoms. The fraction of sp³-hybridized carbons (Fsp3) is 0.0667. The summed E-state index contributed by atoms with van der Waals surface area (Å²) in [6, 6.07) is 9.57. The van der Waals surface area contributed by atoms with E-state index in [9.17, 15) is 0 Å². The molecule has 0 spiro atoms. The fourth-order valence-corrected chi connectivity index (χ4v) is 2.24. The highest BCUT2D eigenvalue weighted by Gasteiger charge is 2.15. The topological polar surface area (TPSA) is 77.6 Å². The van der Waals surface area contributed by atoms with Gasteiger partial charge in [0.25, 0.3) is 0 Å². The van der Waals surface area contributed by atoms with E-state index in [-0.39, 0.29) is 5.15 Å². The van der Waals surface area contributed by atoms with Crippen molar-refractivity contribution in [2.45, 2.75) is 6.92 Å². The third-order valence-electron chi connectivity index (χ3n) is 3.00. The maximum Gasteiger partial charge on any atom is 0.201 e. The van der Waals surface area contributed by atoms with Crippen LogP contribution in [-0.2, 0) is 0 Å². The molecule has 0 saturated carbocycles. The molecular weight excluding hydrogens is 286 g/mol. The predicted octanol–water partition coefficient (Wildman–Crippen LogP) is 3.14. The Morgan fingerprint density at radius 2 is 1.62 bits per heavy atom. The summed E-state index contributed by atoms with van der Waals surface area (Å²) in [5, 5.41) is 0.286. The van der Waals surface area contributed by atoms with Crippen molar-refractivity contribution in [1.82, 2.24) is 19.9 Å². The lowest BCUT2D eigenvalue weighted by Crippen LogP contribution is -2.02. The summed E-state index contributed by atoms with van der Waals surface area (Å²) in [6.07, 6.45) is 3.23. The number of anilines is 1. The van der Waals surface area contributed by atoms with Crippen LogP contribution in [0.1, 0.15) is 5.56 Å². The number of benzene rings is 1. The van der Waals surface area contributed by atoms with Gasteiger partial charge in [-0.15, -0.1) is 0 Å². The molecule has 0 aliphatic carbocycles. The Morgan fingerprint density at radius 1 is 0.952 bits per heavy atom. The van der Waals surface area contributed by atoms with Gasteiger partial charge in [0.15, 0.2) is 5.82 Å². The summed E-state index contributed by atoms with van der Waals surface area (Å²) in [5.74, 6) is 1.01. The first-order valence-electron chi connectivity index (χ1n) is 6.32. The molecule has 3 aromatic rings. The Hall–Kier alpha value is -2.53. The van der Waals surface area contributed by atoms with Gasteiger partial charge in [0.05, 0.1) is 5.56 Å². The number of aromatic nitrogens is 4. The summed E-state index contributed by atoms with van der Waals surface area (Å²) in [5.41, 5.74) is 8.69. The Morgan fingerprint density at radius 3 is 2.24 bits per heavy atom. The first-order chi connectivity index (χ1) is 10.1. The zero-order valence-electron chi connectivity index (χ0n) is 11.3. The smallest absolute Gasteiger partial charge is 0.201 e. The molecule has 0 unspecified atom stereocenters. The van der Waals surface area contributed by atoms with Crippen LogP contribution in [0.4, 0.5) is 5.82 Å². The van der Waals surface area contributed by atoms with E-state index in [2.05, 4.69) is 19.9 Å². The van der Waals surface area contributed by atoms with Crippen LogP contribution in [0.3, 0.4) is 0 Å². The van der Waals surface area contributed by atoms with Crippen LogP contribution < -0.4 is 5.73 Å². The van der Waals surface area contributed by atoms with E-state index in [4.69, 9.17) is 17.3 Å². The van der Waals surface area contributed by atoms with Crippen molar-refractivity contribution in [3.05, 3.63) is 53.4 Å². The molecule has 0 saturated heterocycles. The maximum atomic E-state index is 6.27. The van der Waals surface area contributed by atoms with Crippen LogP contribution in [0.2, 0.25) is 5.15 Å². The number of halogens is 1. The Balaban J connectivity index is 2.11. The van der Waals surface area contributed by atoms with Gasteiger partial charge in [0.1, 0.15) is 11.0 Å². The van der Waals surface area contributed by atoms with E-state index in [1.165, 1.54) is 0 Å². The van der Waals surface area contributed by atoms with Gasteiger partial charge in [-0.05, 0) is 18.6 Å². The number of nitrogen functional groups attached to an aromatic ring is 1. The molecule has 104 valence electrons. The SMILES string of the molecule is Cc1ccc(-c2c(N)nc(-c3ncccn3)nc2Cl)cc1. The molecule has 2 aromatic heterocycles. The minimum Gasteiger partial charge on any atom is -0.383 e. The van der Waals surface area contributed by atoms with Crippen molar-refractivity contribution < 1.29 is 0 Å². The molecule has 2 heterocycles. The van der Waals surface area contributed by atoms with Crippen LogP contribution in [0.25, 0.3) is 22.8 Å². The van der Waals surface area contributed by atoms with Gasteiger partial charge in [-0.3, -0.25) is 0 Å². The molecular formula is C15H12ClN5. The molecule has 0 atom stereocenters. The highest BCUT2D eigenvalue weighted by Crippen LogP contribution is 2.32. The zero-order valence-corrected chi connectivity index (χ0v) is 12.0. The van der Waals surface area contributed by atoms with Crippen LogP contribution in [0, 0.1) is 6.92 Å². The summed E-state index contributed by atoms with van der Waals surface area (Å²) in [6.45, 7) is 2.01. The summed E-state index contributed by atoms with van der Waals surface area (Å²) < 4.78 is 0. The van der Waals surface area contributed by atoms with Crippen LogP contribution in [0.5, 0.6) is 0 Å².